The van der Waals surface area contributed by atoms with E-state index in [2.05, 4.69) is 0 Å². The molecule has 0 spiro atoms. The summed E-state index contributed by atoms with van der Waals surface area (Å²) in [7, 11) is 2.84. The van der Waals surface area contributed by atoms with Gasteiger partial charge in [0.1, 0.15) is 11.3 Å². The Kier molecular flexibility index (Phi) is 7.78. The summed E-state index contributed by atoms with van der Waals surface area (Å²) in [5.41, 5.74) is 3.39. The molecule has 0 atom stereocenters. The van der Waals surface area contributed by atoms with E-state index in [1.54, 1.807) is 19.3 Å². The van der Waals surface area contributed by atoms with E-state index in [9.17, 15) is 9.59 Å². The quantitative estimate of drug-likeness (QED) is 0.283. The Hall–Kier alpha value is -3.34. The van der Waals surface area contributed by atoms with Crippen molar-refractivity contribution in [3.63, 3.8) is 0 Å². The topological polar surface area (TPSA) is 61.8 Å². The Balaban J connectivity index is 2.74. The standard InChI is InChI=1S/C24H26O5/c1-16(2)11-14-20-21(27-4)15-19(13-12-18-9-7-6-8-10-18)22(24(26)28-5)23(20)29-17(3)25/h6-13,15H,14H2,1-5H3/b13-12+. The van der Waals surface area contributed by atoms with Gasteiger partial charge >= 0.3 is 11.9 Å². The summed E-state index contributed by atoms with van der Waals surface area (Å²) < 4.78 is 16.0. The molecule has 0 bridgehead atoms. The van der Waals surface area contributed by atoms with E-state index in [1.807, 2.05) is 56.3 Å². The minimum atomic E-state index is -0.588. The highest BCUT2D eigenvalue weighted by atomic mass is 16.5. The molecule has 2 aromatic rings. The zero-order chi connectivity index (χ0) is 21.4. The van der Waals surface area contributed by atoms with Gasteiger partial charge in [0.25, 0.3) is 0 Å². The van der Waals surface area contributed by atoms with Crippen LogP contribution < -0.4 is 9.47 Å². The van der Waals surface area contributed by atoms with E-state index in [0.29, 0.717) is 23.3 Å². The van der Waals surface area contributed by atoms with Crippen molar-refractivity contribution in [3.05, 3.63) is 70.3 Å². The van der Waals surface area contributed by atoms with Crippen molar-refractivity contribution in [2.75, 3.05) is 14.2 Å². The molecule has 29 heavy (non-hydrogen) atoms. The summed E-state index contributed by atoms with van der Waals surface area (Å²) in [6.45, 7) is 5.23. The van der Waals surface area contributed by atoms with Crippen molar-refractivity contribution in [1.82, 2.24) is 0 Å². The highest BCUT2D eigenvalue weighted by Crippen LogP contribution is 2.38. The highest BCUT2D eigenvalue weighted by molar-refractivity contribution is 5.99. The third-order valence-corrected chi connectivity index (χ3v) is 4.20. The number of hydrogen-bond acceptors (Lipinski definition) is 5. The number of rotatable bonds is 7. The number of ether oxygens (including phenoxy) is 3. The van der Waals surface area contributed by atoms with Crippen LogP contribution in [-0.2, 0) is 16.0 Å². The third kappa shape index (κ3) is 5.82. The van der Waals surface area contributed by atoms with Gasteiger partial charge in [-0.2, -0.15) is 0 Å². The van der Waals surface area contributed by atoms with Crippen LogP contribution in [0.3, 0.4) is 0 Å². The highest BCUT2D eigenvalue weighted by Gasteiger charge is 2.25. The monoisotopic (exact) mass is 394 g/mol. The maximum absolute atomic E-state index is 12.6. The molecule has 5 heteroatoms. The molecule has 5 nitrogen and oxygen atoms in total. The molecule has 0 amide bonds. The van der Waals surface area contributed by atoms with E-state index in [0.717, 1.165) is 11.1 Å². The second-order valence-electron chi connectivity index (χ2n) is 6.67. The first-order valence-electron chi connectivity index (χ1n) is 9.24. The largest absolute Gasteiger partial charge is 0.496 e. The van der Waals surface area contributed by atoms with E-state index in [-0.39, 0.29) is 11.3 Å². The number of benzene rings is 2. The summed E-state index contributed by atoms with van der Waals surface area (Å²) in [6, 6.07) is 11.4. The number of carbonyl (C=O) groups excluding carboxylic acids is 2. The molecule has 0 saturated carbocycles. The van der Waals surface area contributed by atoms with Crippen molar-refractivity contribution in [3.8, 4) is 11.5 Å². The molecule has 0 aromatic heterocycles. The number of hydrogen-bond donors (Lipinski definition) is 0. The second-order valence-corrected chi connectivity index (χ2v) is 6.67. The molecule has 0 aliphatic rings. The normalized spacial score (nSPS) is 10.5. The molecule has 0 aliphatic carbocycles. The number of allylic oxidation sites excluding steroid dienone is 2. The first kappa shape index (κ1) is 22.0. The van der Waals surface area contributed by atoms with Gasteiger partial charge in [0.05, 0.1) is 14.2 Å². The lowest BCUT2D eigenvalue weighted by Gasteiger charge is -2.18. The Bertz CT molecular complexity index is 935. The average Bonchev–Trinajstić information content (AvgIpc) is 2.70. The van der Waals surface area contributed by atoms with Gasteiger partial charge in [0.2, 0.25) is 0 Å². The summed E-state index contributed by atoms with van der Waals surface area (Å²) in [4.78, 5) is 24.4. The van der Waals surface area contributed by atoms with Crippen LogP contribution in [0.25, 0.3) is 12.2 Å². The third-order valence-electron chi connectivity index (χ3n) is 4.20. The van der Waals surface area contributed by atoms with E-state index in [1.165, 1.54) is 14.0 Å². The number of methoxy groups -OCH3 is 2. The molecule has 152 valence electrons. The van der Waals surface area contributed by atoms with Crippen molar-refractivity contribution >= 4 is 24.1 Å². The van der Waals surface area contributed by atoms with Crippen molar-refractivity contribution in [2.45, 2.75) is 27.2 Å². The molecule has 2 aromatic carbocycles. The van der Waals surface area contributed by atoms with Crippen LogP contribution in [0.1, 0.15) is 47.8 Å². The van der Waals surface area contributed by atoms with Crippen molar-refractivity contribution in [2.24, 2.45) is 0 Å². The Morgan fingerprint density at radius 1 is 1.00 bits per heavy atom. The maximum Gasteiger partial charge on any atom is 0.342 e. The van der Waals surface area contributed by atoms with Crippen molar-refractivity contribution < 1.29 is 23.8 Å². The lowest BCUT2D eigenvalue weighted by molar-refractivity contribution is -0.131. The molecule has 0 unspecified atom stereocenters. The zero-order valence-electron chi connectivity index (χ0n) is 17.4. The van der Waals surface area contributed by atoms with Crippen LogP contribution in [-0.4, -0.2) is 26.2 Å². The Labute approximate surface area is 171 Å². The van der Waals surface area contributed by atoms with Gasteiger partial charge < -0.3 is 14.2 Å². The second kappa shape index (κ2) is 10.3. The van der Waals surface area contributed by atoms with Crippen LogP contribution in [0.15, 0.2) is 48.0 Å². The lowest BCUT2D eigenvalue weighted by Crippen LogP contribution is -2.14. The van der Waals surface area contributed by atoms with Crippen LogP contribution in [0.2, 0.25) is 0 Å². The zero-order valence-corrected chi connectivity index (χ0v) is 17.4. The summed E-state index contributed by atoms with van der Waals surface area (Å²) in [5.74, 6) is -0.428. The molecular formula is C24H26O5. The Morgan fingerprint density at radius 2 is 1.69 bits per heavy atom. The summed E-state index contributed by atoms with van der Waals surface area (Å²) >= 11 is 0. The maximum atomic E-state index is 12.6. The Morgan fingerprint density at radius 3 is 2.24 bits per heavy atom. The molecule has 2 rings (SSSR count). The SMILES string of the molecule is COC(=O)c1c(/C=C/c2ccccc2)cc(OC)c(CC=C(C)C)c1OC(C)=O. The van der Waals surface area contributed by atoms with Crippen LogP contribution in [0, 0.1) is 0 Å². The van der Waals surface area contributed by atoms with E-state index < -0.39 is 11.9 Å². The fraction of sp³-hybridized carbons (Fsp3) is 0.250. The van der Waals surface area contributed by atoms with E-state index >= 15 is 0 Å². The smallest absolute Gasteiger partial charge is 0.342 e. The fourth-order valence-corrected chi connectivity index (χ4v) is 2.83. The van der Waals surface area contributed by atoms with Crippen LogP contribution >= 0.6 is 0 Å². The van der Waals surface area contributed by atoms with Gasteiger partial charge in [-0.25, -0.2) is 4.79 Å². The summed E-state index contributed by atoms with van der Waals surface area (Å²) in [5, 5.41) is 0. The number of esters is 2. The molecule has 0 N–H and O–H groups in total. The predicted octanol–water partition coefficient (Wildman–Crippen LogP) is 5.09. The van der Waals surface area contributed by atoms with Crippen molar-refractivity contribution in [1.29, 1.82) is 0 Å². The van der Waals surface area contributed by atoms with Gasteiger partial charge in [-0.05, 0) is 37.5 Å². The first-order chi connectivity index (χ1) is 13.9. The predicted molar refractivity (Wildman–Crippen MR) is 114 cm³/mol. The van der Waals surface area contributed by atoms with Gasteiger partial charge in [-0.3, -0.25) is 4.79 Å². The molecule has 0 heterocycles. The van der Waals surface area contributed by atoms with E-state index in [4.69, 9.17) is 14.2 Å². The average molecular weight is 394 g/mol. The van der Waals surface area contributed by atoms with Crippen LogP contribution in [0.5, 0.6) is 11.5 Å². The van der Waals surface area contributed by atoms with Crippen LogP contribution in [0.4, 0.5) is 0 Å². The van der Waals surface area contributed by atoms with Gasteiger partial charge in [0.15, 0.2) is 5.75 Å². The van der Waals surface area contributed by atoms with Gasteiger partial charge in [0, 0.05) is 12.5 Å². The minimum Gasteiger partial charge on any atom is -0.496 e. The summed E-state index contributed by atoms with van der Waals surface area (Å²) in [6.07, 6.45) is 6.07. The molecule has 0 saturated heterocycles. The number of carbonyl (C=O) groups is 2. The van der Waals surface area contributed by atoms with Gasteiger partial charge in [-0.15, -0.1) is 0 Å². The molecule has 0 aliphatic heterocycles. The molecular weight excluding hydrogens is 368 g/mol. The lowest BCUT2D eigenvalue weighted by atomic mass is 9.97. The molecule has 0 fully saturated rings. The van der Waals surface area contributed by atoms with Gasteiger partial charge in [-0.1, -0.05) is 54.1 Å². The minimum absolute atomic E-state index is 0.161. The first-order valence-corrected chi connectivity index (χ1v) is 9.24. The fourth-order valence-electron chi connectivity index (χ4n) is 2.83. The molecule has 0 radical (unpaired) electrons.